The van der Waals surface area contributed by atoms with Crippen molar-refractivity contribution in [2.75, 3.05) is 18.4 Å². The molecule has 1 aromatic heterocycles. The zero-order valence-electron chi connectivity index (χ0n) is 12.7. The summed E-state index contributed by atoms with van der Waals surface area (Å²) in [6, 6.07) is 5.23. The number of oxazole rings is 1. The van der Waals surface area contributed by atoms with Crippen molar-refractivity contribution in [3.8, 4) is 0 Å². The Balaban J connectivity index is 1.61. The maximum absolute atomic E-state index is 12.1. The molecule has 1 amide bonds. The SMILES string of the molecule is Cn1c(=O)oc2ccc(NC(=O)CCC3CCNCC3)cc21. The first-order chi connectivity index (χ1) is 10.6. The first-order valence-electron chi connectivity index (χ1n) is 7.73. The zero-order chi connectivity index (χ0) is 15.5. The van der Waals surface area contributed by atoms with Crippen molar-refractivity contribution in [1.29, 1.82) is 0 Å². The molecule has 0 unspecified atom stereocenters. The summed E-state index contributed by atoms with van der Waals surface area (Å²) in [5, 5.41) is 6.23. The molecule has 1 saturated heterocycles. The Hall–Kier alpha value is -2.08. The van der Waals surface area contributed by atoms with Crippen LogP contribution in [-0.4, -0.2) is 23.6 Å². The molecular weight excluding hydrogens is 282 g/mol. The first kappa shape index (κ1) is 14.8. The lowest BCUT2D eigenvalue weighted by atomic mass is 9.93. The molecule has 6 nitrogen and oxygen atoms in total. The third kappa shape index (κ3) is 3.22. The van der Waals surface area contributed by atoms with Crippen LogP contribution in [0.2, 0.25) is 0 Å². The number of carbonyl (C=O) groups is 1. The predicted molar refractivity (Wildman–Crippen MR) is 84.9 cm³/mol. The van der Waals surface area contributed by atoms with Gasteiger partial charge in [0.1, 0.15) is 0 Å². The van der Waals surface area contributed by atoms with Crippen molar-refractivity contribution >= 4 is 22.7 Å². The van der Waals surface area contributed by atoms with Gasteiger partial charge >= 0.3 is 5.76 Å². The molecule has 1 fully saturated rings. The van der Waals surface area contributed by atoms with Crippen LogP contribution in [0.5, 0.6) is 0 Å². The summed E-state index contributed by atoms with van der Waals surface area (Å²) in [6.07, 6.45) is 3.76. The summed E-state index contributed by atoms with van der Waals surface area (Å²) in [6.45, 7) is 2.11. The van der Waals surface area contributed by atoms with Gasteiger partial charge in [0.15, 0.2) is 5.58 Å². The minimum absolute atomic E-state index is 0.0198. The minimum atomic E-state index is -0.399. The van der Waals surface area contributed by atoms with E-state index >= 15 is 0 Å². The number of benzene rings is 1. The van der Waals surface area contributed by atoms with Crippen LogP contribution < -0.4 is 16.4 Å². The summed E-state index contributed by atoms with van der Waals surface area (Å²) in [5.41, 5.74) is 1.90. The van der Waals surface area contributed by atoms with E-state index in [-0.39, 0.29) is 5.91 Å². The molecule has 0 bridgehead atoms. The molecule has 1 aromatic carbocycles. The van der Waals surface area contributed by atoms with Gasteiger partial charge in [-0.1, -0.05) is 0 Å². The second-order valence-electron chi connectivity index (χ2n) is 5.89. The molecule has 0 saturated carbocycles. The molecule has 0 atom stereocenters. The summed E-state index contributed by atoms with van der Waals surface area (Å²) >= 11 is 0. The Bertz CT molecular complexity index is 726. The van der Waals surface area contributed by atoms with E-state index in [2.05, 4.69) is 10.6 Å². The number of hydrogen-bond acceptors (Lipinski definition) is 4. The van der Waals surface area contributed by atoms with Gasteiger partial charge in [-0.05, 0) is 56.5 Å². The lowest BCUT2D eigenvalue weighted by Crippen LogP contribution is -2.28. The fourth-order valence-electron chi connectivity index (χ4n) is 2.93. The number of rotatable bonds is 4. The Morgan fingerprint density at radius 2 is 2.18 bits per heavy atom. The van der Waals surface area contributed by atoms with Gasteiger partial charge in [0.2, 0.25) is 5.91 Å². The highest BCUT2D eigenvalue weighted by molar-refractivity contribution is 5.92. The number of aryl methyl sites for hydroxylation is 1. The van der Waals surface area contributed by atoms with Gasteiger partial charge in [0, 0.05) is 19.2 Å². The van der Waals surface area contributed by atoms with E-state index < -0.39 is 5.76 Å². The third-order valence-electron chi connectivity index (χ3n) is 4.31. The molecule has 22 heavy (non-hydrogen) atoms. The number of carbonyl (C=O) groups excluding carboxylic acids is 1. The molecule has 0 aliphatic carbocycles. The van der Waals surface area contributed by atoms with Crippen LogP contribution >= 0.6 is 0 Å². The van der Waals surface area contributed by atoms with Crippen molar-refractivity contribution in [3.63, 3.8) is 0 Å². The summed E-state index contributed by atoms with van der Waals surface area (Å²) in [4.78, 5) is 23.5. The maximum Gasteiger partial charge on any atom is 0.419 e. The van der Waals surface area contributed by atoms with Crippen LogP contribution in [-0.2, 0) is 11.8 Å². The molecule has 2 heterocycles. The number of nitrogens with zero attached hydrogens (tertiary/aromatic N) is 1. The van der Waals surface area contributed by atoms with Crippen molar-refractivity contribution in [3.05, 3.63) is 28.7 Å². The van der Waals surface area contributed by atoms with Gasteiger partial charge < -0.3 is 15.1 Å². The topological polar surface area (TPSA) is 76.3 Å². The van der Waals surface area contributed by atoms with Crippen LogP contribution in [0.15, 0.2) is 27.4 Å². The second kappa shape index (κ2) is 6.36. The summed E-state index contributed by atoms with van der Waals surface area (Å²) in [7, 11) is 1.65. The average Bonchev–Trinajstić information content (AvgIpc) is 2.81. The predicted octanol–water partition coefficient (Wildman–Crippen LogP) is 1.85. The van der Waals surface area contributed by atoms with Gasteiger partial charge in [-0.15, -0.1) is 0 Å². The van der Waals surface area contributed by atoms with E-state index in [0.29, 0.717) is 29.1 Å². The quantitative estimate of drug-likeness (QED) is 0.904. The van der Waals surface area contributed by atoms with Crippen LogP contribution in [0.25, 0.3) is 11.1 Å². The van der Waals surface area contributed by atoms with Crippen LogP contribution in [0.3, 0.4) is 0 Å². The number of piperidine rings is 1. The van der Waals surface area contributed by atoms with Gasteiger partial charge in [0.25, 0.3) is 0 Å². The lowest BCUT2D eigenvalue weighted by molar-refractivity contribution is -0.116. The van der Waals surface area contributed by atoms with Crippen LogP contribution in [0.1, 0.15) is 25.7 Å². The van der Waals surface area contributed by atoms with Gasteiger partial charge in [0.05, 0.1) is 5.52 Å². The summed E-state index contributed by atoms with van der Waals surface area (Å²) in [5.74, 6) is 0.264. The number of amides is 1. The molecule has 0 radical (unpaired) electrons. The number of aromatic nitrogens is 1. The highest BCUT2D eigenvalue weighted by Gasteiger charge is 2.15. The standard InChI is InChI=1S/C16H21N3O3/c1-19-13-10-12(3-4-14(13)22-16(19)21)18-15(20)5-2-11-6-8-17-9-7-11/h3-4,10-11,17H,2,5-9H2,1H3,(H,18,20). The normalized spacial score (nSPS) is 16.0. The molecule has 2 N–H and O–H groups in total. The number of fused-ring (bicyclic) bond motifs is 1. The van der Waals surface area contributed by atoms with E-state index in [0.717, 1.165) is 32.4 Å². The second-order valence-corrected chi connectivity index (χ2v) is 5.89. The Morgan fingerprint density at radius 3 is 2.95 bits per heavy atom. The van der Waals surface area contributed by atoms with E-state index in [9.17, 15) is 9.59 Å². The molecule has 3 rings (SSSR count). The molecular formula is C16H21N3O3. The highest BCUT2D eigenvalue weighted by atomic mass is 16.4. The Kier molecular flexibility index (Phi) is 4.29. The van der Waals surface area contributed by atoms with Crippen molar-refractivity contribution in [1.82, 2.24) is 9.88 Å². The van der Waals surface area contributed by atoms with Gasteiger partial charge in [-0.25, -0.2) is 4.79 Å². The molecule has 2 aromatic rings. The molecule has 118 valence electrons. The highest BCUT2D eigenvalue weighted by Crippen LogP contribution is 2.20. The van der Waals surface area contributed by atoms with E-state index in [1.807, 2.05) is 0 Å². The first-order valence-corrected chi connectivity index (χ1v) is 7.73. The van der Waals surface area contributed by atoms with Crippen molar-refractivity contribution in [2.45, 2.75) is 25.7 Å². The van der Waals surface area contributed by atoms with Crippen molar-refractivity contribution in [2.24, 2.45) is 13.0 Å². The van der Waals surface area contributed by atoms with E-state index in [1.165, 1.54) is 4.57 Å². The fraction of sp³-hybridized carbons (Fsp3) is 0.500. The van der Waals surface area contributed by atoms with Crippen molar-refractivity contribution < 1.29 is 9.21 Å². The summed E-state index contributed by atoms with van der Waals surface area (Å²) < 4.78 is 6.50. The Morgan fingerprint density at radius 1 is 1.41 bits per heavy atom. The smallest absolute Gasteiger partial charge is 0.408 e. The Labute approximate surface area is 128 Å². The molecule has 6 heteroatoms. The average molecular weight is 303 g/mol. The van der Waals surface area contributed by atoms with Gasteiger partial charge in [-0.3, -0.25) is 9.36 Å². The molecule has 1 aliphatic heterocycles. The monoisotopic (exact) mass is 303 g/mol. The van der Waals surface area contributed by atoms with E-state index in [4.69, 9.17) is 4.42 Å². The number of nitrogens with one attached hydrogen (secondary N) is 2. The number of hydrogen-bond donors (Lipinski definition) is 2. The molecule has 0 spiro atoms. The van der Waals surface area contributed by atoms with E-state index in [1.54, 1.807) is 25.2 Å². The van der Waals surface area contributed by atoms with Crippen LogP contribution in [0, 0.1) is 5.92 Å². The fourth-order valence-corrected chi connectivity index (χ4v) is 2.93. The van der Waals surface area contributed by atoms with Crippen LogP contribution in [0.4, 0.5) is 5.69 Å². The minimum Gasteiger partial charge on any atom is -0.408 e. The maximum atomic E-state index is 12.1. The molecule has 1 aliphatic rings. The lowest BCUT2D eigenvalue weighted by Gasteiger charge is -2.22. The van der Waals surface area contributed by atoms with Gasteiger partial charge in [-0.2, -0.15) is 0 Å². The zero-order valence-corrected chi connectivity index (χ0v) is 12.7. The largest absolute Gasteiger partial charge is 0.419 e. The third-order valence-corrected chi connectivity index (χ3v) is 4.31. The number of anilines is 1.